The van der Waals surface area contributed by atoms with Crippen molar-refractivity contribution in [3.05, 3.63) is 76.0 Å². The van der Waals surface area contributed by atoms with Crippen LogP contribution < -0.4 is 10.6 Å². The molecule has 0 aliphatic heterocycles. The Kier molecular flexibility index (Phi) is 6.00. The Bertz CT molecular complexity index is 804. The molecule has 0 aliphatic carbocycles. The first-order chi connectivity index (χ1) is 11.5. The van der Waals surface area contributed by atoms with Gasteiger partial charge in [0.05, 0.1) is 0 Å². The average Bonchev–Trinajstić information content (AvgIpc) is 2.58. The Balaban J connectivity index is 2.01. The fourth-order valence-corrected chi connectivity index (χ4v) is 2.21. The van der Waals surface area contributed by atoms with Crippen molar-refractivity contribution < 1.29 is 4.79 Å². The number of carbonyl (C=O) groups is 1. The second-order valence-electron chi connectivity index (χ2n) is 5.37. The third kappa shape index (κ3) is 4.61. The highest BCUT2D eigenvalue weighted by atomic mass is 35.5. The fraction of sp³-hybridized carbons (Fsp3) is 0.158. The molecule has 0 aromatic heterocycles. The highest BCUT2D eigenvalue weighted by Gasteiger charge is 2.09. The van der Waals surface area contributed by atoms with Gasteiger partial charge in [-0.15, -0.1) is 0 Å². The molecular formula is C19H18ClN3O. The molecule has 0 saturated carbocycles. The maximum absolute atomic E-state index is 12.1. The topological polar surface area (TPSA) is 64.9 Å². The molecule has 122 valence electrons. The normalized spacial score (nSPS) is 10.8. The van der Waals surface area contributed by atoms with Gasteiger partial charge in [0.2, 0.25) is 0 Å². The molecule has 2 N–H and O–H groups in total. The largest absolute Gasteiger partial charge is 0.360 e. The Morgan fingerprint density at radius 1 is 1.21 bits per heavy atom. The van der Waals surface area contributed by atoms with E-state index in [1.165, 1.54) is 6.20 Å². The number of hydrogen-bond acceptors (Lipinski definition) is 3. The molecule has 1 amide bonds. The van der Waals surface area contributed by atoms with Crippen molar-refractivity contribution in [2.24, 2.45) is 0 Å². The van der Waals surface area contributed by atoms with Crippen LogP contribution in [0, 0.1) is 25.2 Å². The summed E-state index contributed by atoms with van der Waals surface area (Å²) in [6.45, 7) is 4.32. The van der Waals surface area contributed by atoms with Crippen molar-refractivity contribution in [2.45, 2.75) is 20.4 Å². The number of nitrogens with zero attached hydrogens (tertiary/aromatic N) is 1. The first kappa shape index (κ1) is 17.6. The number of benzene rings is 2. The Morgan fingerprint density at radius 3 is 2.58 bits per heavy atom. The van der Waals surface area contributed by atoms with Crippen LogP contribution in [-0.2, 0) is 11.3 Å². The molecule has 0 atom stereocenters. The van der Waals surface area contributed by atoms with Gasteiger partial charge in [-0.2, -0.15) is 5.26 Å². The maximum atomic E-state index is 12.1. The standard InChI is InChI=1S/C19H18ClN3O/c1-13-4-3-5-18(14(13)2)22-12-16(10-21)19(24)23-11-15-6-8-17(20)9-7-15/h3-9,12,22H,11H2,1-2H3,(H,23,24)/b16-12-. The second-order valence-corrected chi connectivity index (χ2v) is 5.81. The molecule has 0 unspecified atom stereocenters. The molecule has 0 bridgehead atoms. The maximum Gasteiger partial charge on any atom is 0.263 e. The molecule has 4 nitrogen and oxygen atoms in total. The molecule has 0 radical (unpaired) electrons. The number of nitriles is 1. The van der Waals surface area contributed by atoms with E-state index in [2.05, 4.69) is 10.6 Å². The van der Waals surface area contributed by atoms with Gasteiger partial charge in [0.15, 0.2) is 0 Å². The summed E-state index contributed by atoms with van der Waals surface area (Å²) in [7, 11) is 0. The zero-order chi connectivity index (χ0) is 17.5. The highest BCUT2D eigenvalue weighted by Crippen LogP contribution is 2.18. The van der Waals surface area contributed by atoms with Crippen LogP contribution in [0.2, 0.25) is 5.02 Å². The smallest absolute Gasteiger partial charge is 0.263 e. The summed E-state index contributed by atoms with van der Waals surface area (Å²) in [5.41, 5.74) is 4.01. The average molecular weight is 340 g/mol. The monoisotopic (exact) mass is 339 g/mol. The highest BCUT2D eigenvalue weighted by molar-refractivity contribution is 6.30. The molecule has 2 rings (SSSR count). The molecule has 0 aliphatic rings. The number of carbonyl (C=O) groups excluding carboxylic acids is 1. The van der Waals surface area contributed by atoms with E-state index in [0.29, 0.717) is 11.6 Å². The summed E-state index contributed by atoms with van der Waals surface area (Å²) in [6, 6.07) is 14.9. The lowest BCUT2D eigenvalue weighted by Crippen LogP contribution is -2.24. The van der Waals surface area contributed by atoms with Crippen molar-refractivity contribution in [3.8, 4) is 6.07 Å². The van der Waals surface area contributed by atoms with Gasteiger partial charge < -0.3 is 10.6 Å². The summed E-state index contributed by atoms with van der Waals surface area (Å²) in [5, 5.41) is 15.6. The summed E-state index contributed by atoms with van der Waals surface area (Å²) in [6.07, 6.45) is 1.43. The van der Waals surface area contributed by atoms with E-state index in [1.807, 2.05) is 50.2 Å². The summed E-state index contributed by atoms with van der Waals surface area (Å²) in [4.78, 5) is 12.1. The number of nitrogens with one attached hydrogen (secondary N) is 2. The molecule has 0 saturated heterocycles. The number of rotatable bonds is 5. The predicted molar refractivity (Wildman–Crippen MR) is 96.5 cm³/mol. The van der Waals surface area contributed by atoms with Crippen LogP contribution in [0.4, 0.5) is 5.69 Å². The van der Waals surface area contributed by atoms with E-state index in [0.717, 1.165) is 22.4 Å². The minimum absolute atomic E-state index is 0.0184. The Labute approximate surface area is 146 Å². The Morgan fingerprint density at radius 2 is 1.92 bits per heavy atom. The van der Waals surface area contributed by atoms with Gasteiger partial charge in [0, 0.05) is 23.5 Å². The number of hydrogen-bond donors (Lipinski definition) is 2. The van der Waals surface area contributed by atoms with Gasteiger partial charge in [-0.1, -0.05) is 35.9 Å². The van der Waals surface area contributed by atoms with Gasteiger partial charge in [-0.05, 0) is 48.7 Å². The second kappa shape index (κ2) is 8.19. The third-order valence-corrected chi connectivity index (χ3v) is 3.96. The molecule has 2 aromatic carbocycles. The Hall–Kier alpha value is -2.77. The van der Waals surface area contributed by atoms with Crippen LogP contribution >= 0.6 is 11.6 Å². The van der Waals surface area contributed by atoms with E-state index in [4.69, 9.17) is 11.6 Å². The van der Waals surface area contributed by atoms with E-state index >= 15 is 0 Å². The number of aryl methyl sites for hydroxylation is 1. The molecule has 2 aromatic rings. The van der Waals surface area contributed by atoms with Gasteiger partial charge in [-0.3, -0.25) is 4.79 Å². The lowest BCUT2D eigenvalue weighted by atomic mass is 10.1. The van der Waals surface area contributed by atoms with Crippen molar-refractivity contribution in [1.29, 1.82) is 5.26 Å². The minimum Gasteiger partial charge on any atom is -0.360 e. The van der Waals surface area contributed by atoms with Crippen LogP contribution in [0.25, 0.3) is 0 Å². The molecule has 0 fully saturated rings. The van der Waals surface area contributed by atoms with Crippen LogP contribution in [0.5, 0.6) is 0 Å². The molecule has 0 heterocycles. The van der Waals surface area contributed by atoms with E-state index < -0.39 is 5.91 Å². The third-order valence-electron chi connectivity index (χ3n) is 3.71. The first-order valence-corrected chi connectivity index (χ1v) is 7.84. The van der Waals surface area contributed by atoms with Crippen LogP contribution in [0.1, 0.15) is 16.7 Å². The van der Waals surface area contributed by atoms with Crippen molar-refractivity contribution >= 4 is 23.2 Å². The zero-order valence-corrected chi connectivity index (χ0v) is 14.3. The minimum atomic E-state index is -0.426. The van der Waals surface area contributed by atoms with Gasteiger partial charge in [0.25, 0.3) is 5.91 Å². The van der Waals surface area contributed by atoms with Crippen LogP contribution in [0.15, 0.2) is 54.2 Å². The number of halogens is 1. The van der Waals surface area contributed by atoms with Gasteiger partial charge in [0.1, 0.15) is 11.6 Å². The first-order valence-electron chi connectivity index (χ1n) is 7.47. The summed E-state index contributed by atoms with van der Waals surface area (Å²) >= 11 is 5.82. The summed E-state index contributed by atoms with van der Waals surface area (Å²) in [5.74, 6) is -0.426. The molecule has 5 heteroatoms. The van der Waals surface area contributed by atoms with Crippen LogP contribution in [-0.4, -0.2) is 5.91 Å². The van der Waals surface area contributed by atoms with Crippen molar-refractivity contribution in [2.75, 3.05) is 5.32 Å². The molecule has 0 spiro atoms. The van der Waals surface area contributed by atoms with E-state index in [-0.39, 0.29) is 5.57 Å². The quantitative estimate of drug-likeness (QED) is 0.637. The lowest BCUT2D eigenvalue weighted by molar-refractivity contribution is -0.117. The lowest BCUT2D eigenvalue weighted by Gasteiger charge is -2.09. The predicted octanol–water partition coefficient (Wildman–Crippen LogP) is 4.09. The van der Waals surface area contributed by atoms with E-state index in [9.17, 15) is 10.1 Å². The summed E-state index contributed by atoms with van der Waals surface area (Å²) < 4.78 is 0. The van der Waals surface area contributed by atoms with Gasteiger partial charge >= 0.3 is 0 Å². The van der Waals surface area contributed by atoms with Crippen molar-refractivity contribution in [1.82, 2.24) is 5.32 Å². The van der Waals surface area contributed by atoms with E-state index in [1.54, 1.807) is 12.1 Å². The number of amides is 1. The fourth-order valence-electron chi connectivity index (χ4n) is 2.09. The molecule has 24 heavy (non-hydrogen) atoms. The van der Waals surface area contributed by atoms with Gasteiger partial charge in [-0.25, -0.2) is 0 Å². The molecular weight excluding hydrogens is 322 g/mol. The zero-order valence-electron chi connectivity index (χ0n) is 13.6. The van der Waals surface area contributed by atoms with Crippen molar-refractivity contribution in [3.63, 3.8) is 0 Å². The SMILES string of the molecule is Cc1cccc(N/C=C(/C#N)C(=O)NCc2ccc(Cl)cc2)c1C. The number of anilines is 1. The van der Waals surface area contributed by atoms with Crippen LogP contribution in [0.3, 0.4) is 0 Å².